The highest BCUT2D eigenvalue weighted by molar-refractivity contribution is 7.99. The maximum Gasteiger partial charge on any atom is 0.322 e. The van der Waals surface area contributed by atoms with Gasteiger partial charge in [0.1, 0.15) is 6.04 Å². The first-order chi connectivity index (χ1) is 9.51. The summed E-state index contributed by atoms with van der Waals surface area (Å²) in [5.41, 5.74) is 5.59. The molecule has 0 aromatic heterocycles. The van der Waals surface area contributed by atoms with Gasteiger partial charge in [-0.3, -0.25) is 14.9 Å². The highest BCUT2D eigenvalue weighted by Gasteiger charge is 2.14. The fourth-order valence-electron chi connectivity index (χ4n) is 1.11. The van der Waals surface area contributed by atoms with Crippen LogP contribution in [0, 0.1) is 0 Å². The summed E-state index contributed by atoms with van der Waals surface area (Å²) in [6.07, 6.45) is 1.93. The molecule has 0 fully saturated rings. The van der Waals surface area contributed by atoms with Crippen molar-refractivity contribution in [3.63, 3.8) is 0 Å². The average Bonchev–Trinajstić information content (AvgIpc) is 2.41. The molecule has 114 valence electrons. The number of hydrogen-bond donors (Lipinski definition) is 3. The number of thioether (sulfide) groups is 1. The van der Waals surface area contributed by atoms with Crippen molar-refractivity contribution in [2.75, 3.05) is 24.7 Å². The molecule has 4 N–H and O–H groups in total. The van der Waals surface area contributed by atoms with Gasteiger partial charge in [-0.25, -0.2) is 4.79 Å². The van der Waals surface area contributed by atoms with Crippen LogP contribution in [0.5, 0.6) is 0 Å². The molecule has 0 aliphatic rings. The topological polar surface area (TPSA) is 111 Å². The summed E-state index contributed by atoms with van der Waals surface area (Å²) in [5.74, 6) is -0.193. The molecule has 7 nitrogen and oxygen atoms in total. The molecule has 0 saturated carbocycles. The molecule has 0 radical (unpaired) electrons. The van der Waals surface area contributed by atoms with Gasteiger partial charge in [0.05, 0.1) is 12.4 Å². The number of amides is 3. The van der Waals surface area contributed by atoms with Crippen molar-refractivity contribution >= 4 is 29.7 Å². The van der Waals surface area contributed by atoms with E-state index in [1.54, 1.807) is 6.92 Å². The van der Waals surface area contributed by atoms with Crippen molar-refractivity contribution in [3.8, 4) is 0 Å². The molecule has 3 amide bonds. The number of nitrogens with two attached hydrogens (primary N) is 1. The predicted molar refractivity (Wildman–Crippen MR) is 78.3 cm³/mol. The van der Waals surface area contributed by atoms with Crippen LogP contribution in [0.2, 0.25) is 0 Å². The lowest BCUT2D eigenvalue weighted by molar-refractivity contribution is -0.144. The van der Waals surface area contributed by atoms with Crippen molar-refractivity contribution in [3.05, 3.63) is 12.7 Å². The number of urea groups is 1. The maximum atomic E-state index is 11.4. The second-order valence-electron chi connectivity index (χ2n) is 3.75. The van der Waals surface area contributed by atoms with E-state index in [1.807, 2.05) is 0 Å². The first kappa shape index (κ1) is 18.5. The van der Waals surface area contributed by atoms with Gasteiger partial charge in [-0.1, -0.05) is 6.08 Å². The zero-order valence-electron chi connectivity index (χ0n) is 11.5. The van der Waals surface area contributed by atoms with Gasteiger partial charge in [-0.2, -0.15) is 11.8 Å². The highest BCUT2D eigenvalue weighted by atomic mass is 32.2. The van der Waals surface area contributed by atoms with E-state index in [0.717, 1.165) is 0 Å². The minimum Gasteiger partial charge on any atom is -0.465 e. The van der Waals surface area contributed by atoms with E-state index in [2.05, 4.69) is 17.2 Å². The number of esters is 1. The van der Waals surface area contributed by atoms with Crippen LogP contribution >= 0.6 is 11.8 Å². The Hall–Kier alpha value is -1.54. The number of ether oxygens (including phenoxy) is 1. The van der Waals surface area contributed by atoms with E-state index in [0.29, 0.717) is 25.3 Å². The van der Waals surface area contributed by atoms with Crippen LogP contribution in [0.4, 0.5) is 4.79 Å². The zero-order valence-corrected chi connectivity index (χ0v) is 12.3. The summed E-state index contributed by atoms with van der Waals surface area (Å²) in [6.45, 7) is 5.73. The molecule has 0 aromatic carbocycles. The van der Waals surface area contributed by atoms with E-state index >= 15 is 0 Å². The maximum absolute atomic E-state index is 11.4. The third kappa shape index (κ3) is 9.40. The summed E-state index contributed by atoms with van der Waals surface area (Å²) >= 11 is 1.29. The lowest BCUT2D eigenvalue weighted by atomic mass is 10.2. The number of carbonyl (C=O) groups is 3. The second-order valence-corrected chi connectivity index (χ2v) is 4.85. The number of hydrogen-bond acceptors (Lipinski definition) is 6. The normalized spacial score (nSPS) is 11.3. The number of nitrogens with one attached hydrogen (secondary N) is 2. The Morgan fingerprint density at radius 3 is 2.75 bits per heavy atom. The molecule has 0 bridgehead atoms. The van der Waals surface area contributed by atoms with Crippen LogP contribution in [0.25, 0.3) is 0 Å². The van der Waals surface area contributed by atoms with Gasteiger partial charge >= 0.3 is 12.0 Å². The van der Waals surface area contributed by atoms with Crippen LogP contribution < -0.4 is 16.4 Å². The van der Waals surface area contributed by atoms with Gasteiger partial charge in [-0.15, -0.1) is 6.58 Å². The molecule has 1 unspecified atom stereocenters. The summed E-state index contributed by atoms with van der Waals surface area (Å²) in [6, 6.07) is -1.24. The molecule has 0 aliphatic carbocycles. The minimum absolute atomic E-state index is 0.122. The van der Waals surface area contributed by atoms with Gasteiger partial charge in [0, 0.05) is 6.54 Å². The molecule has 1 atom stereocenters. The predicted octanol–water partition coefficient (Wildman–Crippen LogP) is 0.0119. The monoisotopic (exact) mass is 303 g/mol. The van der Waals surface area contributed by atoms with Gasteiger partial charge in [0.15, 0.2) is 0 Å². The number of carbonyl (C=O) groups excluding carboxylic acids is 3. The van der Waals surface area contributed by atoms with Crippen molar-refractivity contribution < 1.29 is 19.1 Å². The first-order valence-electron chi connectivity index (χ1n) is 6.19. The Labute approximate surface area is 122 Å². The van der Waals surface area contributed by atoms with Crippen molar-refractivity contribution in [2.45, 2.75) is 19.4 Å². The summed E-state index contributed by atoms with van der Waals surface area (Å²) in [4.78, 5) is 33.7. The summed E-state index contributed by atoms with van der Waals surface area (Å²) in [5, 5.41) is 4.59. The smallest absolute Gasteiger partial charge is 0.322 e. The lowest BCUT2D eigenvalue weighted by Crippen LogP contribution is -2.40. The van der Waals surface area contributed by atoms with E-state index in [4.69, 9.17) is 10.5 Å². The van der Waals surface area contributed by atoms with Crippen LogP contribution in [-0.2, 0) is 14.3 Å². The quantitative estimate of drug-likeness (QED) is 0.314. The first-order valence-corrected chi connectivity index (χ1v) is 7.35. The van der Waals surface area contributed by atoms with Crippen LogP contribution in [0.1, 0.15) is 13.3 Å². The van der Waals surface area contributed by atoms with Crippen molar-refractivity contribution in [2.24, 2.45) is 5.73 Å². The standard InChI is InChI=1S/C12H21N3O4S/c1-3-6-14-12(18)15-10(16)8-20-7-5-9(13)11(17)19-4-2/h3,9H,1,4-8,13H2,2H3,(H2,14,15,16,18). The molecule has 0 spiro atoms. The minimum atomic E-state index is -0.679. The molecule has 0 aliphatic heterocycles. The number of imide groups is 1. The Morgan fingerprint density at radius 2 is 2.15 bits per heavy atom. The average molecular weight is 303 g/mol. The molecule has 0 saturated heterocycles. The molecular formula is C12H21N3O4S. The van der Waals surface area contributed by atoms with Crippen molar-refractivity contribution in [1.29, 1.82) is 0 Å². The van der Waals surface area contributed by atoms with E-state index in [9.17, 15) is 14.4 Å². The van der Waals surface area contributed by atoms with E-state index < -0.39 is 23.9 Å². The van der Waals surface area contributed by atoms with E-state index in [-0.39, 0.29) is 5.75 Å². The Balaban J connectivity index is 3.68. The van der Waals surface area contributed by atoms with Crippen LogP contribution in [0.15, 0.2) is 12.7 Å². The lowest BCUT2D eigenvalue weighted by Gasteiger charge is -2.09. The second kappa shape index (κ2) is 11.3. The Bertz CT molecular complexity index is 350. The molecule has 0 heterocycles. The van der Waals surface area contributed by atoms with Crippen LogP contribution in [0.3, 0.4) is 0 Å². The van der Waals surface area contributed by atoms with Gasteiger partial charge in [0.25, 0.3) is 0 Å². The van der Waals surface area contributed by atoms with Crippen LogP contribution in [-0.4, -0.2) is 48.6 Å². The largest absolute Gasteiger partial charge is 0.465 e. The van der Waals surface area contributed by atoms with Gasteiger partial charge in [0.2, 0.25) is 5.91 Å². The summed E-state index contributed by atoms with van der Waals surface area (Å²) in [7, 11) is 0. The fourth-order valence-corrected chi connectivity index (χ4v) is 1.94. The Kier molecular flexibility index (Phi) is 10.4. The third-order valence-corrected chi connectivity index (χ3v) is 3.05. The van der Waals surface area contributed by atoms with E-state index in [1.165, 1.54) is 17.8 Å². The zero-order chi connectivity index (χ0) is 15.4. The molecule has 0 aromatic rings. The Morgan fingerprint density at radius 1 is 1.45 bits per heavy atom. The summed E-state index contributed by atoms with van der Waals surface area (Å²) < 4.78 is 4.76. The van der Waals surface area contributed by atoms with Crippen molar-refractivity contribution in [1.82, 2.24) is 10.6 Å². The SMILES string of the molecule is C=CCNC(=O)NC(=O)CSCCC(N)C(=O)OCC. The number of rotatable bonds is 9. The third-order valence-electron chi connectivity index (χ3n) is 2.06. The molecule has 8 heteroatoms. The molecular weight excluding hydrogens is 282 g/mol. The highest BCUT2D eigenvalue weighted by Crippen LogP contribution is 2.04. The molecule has 20 heavy (non-hydrogen) atoms. The molecule has 0 rings (SSSR count). The fraction of sp³-hybridized carbons (Fsp3) is 0.583. The van der Waals surface area contributed by atoms with Gasteiger partial charge in [-0.05, 0) is 19.1 Å². The van der Waals surface area contributed by atoms with Gasteiger partial charge < -0.3 is 15.8 Å².